The number of benzene rings is 2. The molecule has 1 unspecified atom stereocenters. The van der Waals surface area contributed by atoms with E-state index in [1.54, 1.807) is 18.2 Å². The molecule has 2 aromatic rings. The fraction of sp³-hybridized carbons (Fsp3) is 0.235. The highest BCUT2D eigenvalue weighted by atomic mass is 19.4. The van der Waals surface area contributed by atoms with E-state index in [2.05, 4.69) is 0 Å². The van der Waals surface area contributed by atoms with E-state index in [1.807, 2.05) is 6.07 Å². The zero-order valence-corrected chi connectivity index (χ0v) is 12.1. The van der Waals surface area contributed by atoms with Crippen LogP contribution in [0.3, 0.4) is 0 Å². The summed E-state index contributed by atoms with van der Waals surface area (Å²) >= 11 is 0. The molecule has 2 aromatic carbocycles. The molecule has 0 aromatic heterocycles. The van der Waals surface area contributed by atoms with Gasteiger partial charge in [-0.1, -0.05) is 12.1 Å². The molecule has 0 radical (unpaired) electrons. The Morgan fingerprint density at radius 3 is 2.70 bits per heavy atom. The highest BCUT2D eigenvalue weighted by Crippen LogP contribution is 2.42. The van der Waals surface area contributed by atoms with Crippen molar-refractivity contribution >= 4 is 0 Å². The second-order valence-corrected chi connectivity index (χ2v) is 5.17. The number of nitrogens with zero attached hydrogens (tertiary/aromatic N) is 1. The summed E-state index contributed by atoms with van der Waals surface area (Å²) in [6, 6.07) is 10.5. The van der Waals surface area contributed by atoms with Crippen molar-refractivity contribution in [3.63, 3.8) is 0 Å². The van der Waals surface area contributed by atoms with E-state index in [4.69, 9.17) is 14.7 Å². The minimum absolute atomic E-state index is 0.296. The molecular formula is C17H12F3NO2. The van der Waals surface area contributed by atoms with E-state index in [-0.39, 0.29) is 0 Å². The highest BCUT2D eigenvalue weighted by molar-refractivity contribution is 5.52. The molecule has 0 bridgehead atoms. The van der Waals surface area contributed by atoms with Crippen LogP contribution in [0.15, 0.2) is 36.4 Å². The Kier molecular flexibility index (Phi) is 3.64. The lowest BCUT2D eigenvalue weighted by Gasteiger charge is -2.15. The maximum Gasteiger partial charge on any atom is 0.416 e. The van der Waals surface area contributed by atoms with Crippen LogP contribution in [0.1, 0.15) is 28.4 Å². The molecule has 0 N–H and O–H groups in total. The van der Waals surface area contributed by atoms with E-state index in [0.717, 1.165) is 12.1 Å². The lowest BCUT2D eigenvalue weighted by molar-refractivity contribution is -0.137. The summed E-state index contributed by atoms with van der Waals surface area (Å²) in [5.74, 6) is 0.816. The first kappa shape index (κ1) is 15.2. The second-order valence-electron chi connectivity index (χ2n) is 5.17. The van der Waals surface area contributed by atoms with Crippen LogP contribution in [0.25, 0.3) is 0 Å². The minimum atomic E-state index is -4.38. The van der Waals surface area contributed by atoms with Crippen LogP contribution in [-0.2, 0) is 12.6 Å². The van der Waals surface area contributed by atoms with E-state index in [9.17, 15) is 13.2 Å². The van der Waals surface area contributed by atoms with Gasteiger partial charge in [-0.15, -0.1) is 0 Å². The standard InChI is InChI=1S/C17H12F3NO2/c1-22-16-10(9-21)3-2-4-13(16)15-8-11-7-12(17(18,19)20)5-6-14(11)23-15/h2-7,15H,8H2,1H3. The third kappa shape index (κ3) is 2.70. The number of alkyl halides is 3. The van der Waals surface area contributed by atoms with Crippen molar-refractivity contribution in [2.75, 3.05) is 7.11 Å². The SMILES string of the molecule is COc1c(C#N)cccc1C1Cc2cc(C(F)(F)F)ccc2O1. The summed E-state index contributed by atoms with van der Waals surface area (Å²) in [5.41, 5.74) is 0.810. The second kappa shape index (κ2) is 5.51. The molecule has 1 aliphatic heterocycles. The Labute approximate surface area is 130 Å². The molecule has 1 atom stereocenters. The molecule has 0 spiro atoms. The topological polar surface area (TPSA) is 42.2 Å². The monoisotopic (exact) mass is 319 g/mol. The molecule has 3 nitrogen and oxygen atoms in total. The summed E-state index contributed by atoms with van der Waals surface area (Å²) in [6.07, 6.45) is -4.56. The molecule has 23 heavy (non-hydrogen) atoms. The van der Waals surface area contributed by atoms with Gasteiger partial charge in [0, 0.05) is 12.0 Å². The van der Waals surface area contributed by atoms with Crippen LogP contribution >= 0.6 is 0 Å². The molecule has 0 amide bonds. The summed E-state index contributed by atoms with van der Waals surface area (Å²) < 4.78 is 49.4. The van der Waals surface area contributed by atoms with Crippen molar-refractivity contribution < 1.29 is 22.6 Å². The number of methoxy groups -OCH3 is 1. The van der Waals surface area contributed by atoms with Crippen LogP contribution in [-0.4, -0.2) is 7.11 Å². The van der Waals surface area contributed by atoms with Gasteiger partial charge in [0.2, 0.25) is 0 Å². The van der Waals surface area contributed by atoms with Crippen molar-refractivity contribution in [2.24, 2.45) is 0 Å². The first-order valence-corrected chi connectivity index (χ1v) is 6.88. The smallest absolute Gasteiger partial charge is 0.416 e. The van der Waals surface area contributed by atoms with Crippen molar-refractivity contribution in [1.29, 1.82) is 5.26 Å². The molecule has 6 heteroatoms. The third-order valence-electron chi connectivity index (χ3n) is 3.78. The van der Waals surface area contributed by atoms with Gasteiger partial charge in [-0.2, -0.15) is 18.4 Å². The largest absolute Gasteiger partial charge is 0.495 e. The first-order valence-electron chi connectivity index (χ1n) is 6.88. The molecule has 0 fully saturated rings. The first-order chi connectivity index (χ1) is 10.9. The van der Waals surface area contributed by atoms with Crippen LogP contribution in [0.5, 0.6) is 11.5 Å². The molecule has 0 aliphatic carbocycles. The lowest BCUT2D eigenvalue weighted by Crippen LogP contribution is -2.06. The van der Waals surface area contributed by atoms with Crippen molar-refractivity contribution in [2.45, 2.75) is 18.7 Å². The maximum absolute atomic E-state index is 12.8. The summed E-state index contributed by atoms with van der Waals surface area (Å²) in [7, 11) is 1.45. The molecular weight excluding hydrogens is 307 g/mol. The number of hydrogen-bond acceptors (Lipinski definition) is 3. The van der Waals surface area contributed by atoms with Gasteiger partial charge in [0.1, 0.15) is 23.7 Å². The van der Waals surface area contributed by atoms with E-state index in [0.29, 0.717) is 34.6 Å². The predicted octanol–water partition coefficient (Wildman–Crippen LogP) is 4.26. The maximum atomic E-state index is 12.8. The normalized spacial score (nSPS) is 16.4. The van der Waals surface area contributed by atoms with Crippen molar-refractivity contribution in [1.82, 2.24) is 0 Å². The Bertz CT molecular complexity index is 793. The molecule has 1 aliphatic rings. The minimum Gasteiger partial charge on any atom is -0.495 e. The number of para-hydroxylation sites is 1. The highest BCUT2D eigenvalue weighted by Gasteiger charge is 2.34. The molecule has 118 valence electrons. The van der Waals surface area contributed by atoms with Gasteiger partial charge in [-0.05, 0) is 29.8 Å². The van der Waals surface area contributed by atoms with Gasteiger partial charge < -0.3 is 9.47 Å². The van der Waals surface area contributed by atoms with Crippen LogP contribution in [0, 0.1) is 11.3 Å². The van der Waals surface area contributed by atoms with Gasteiger partial charge in [0.25, 0.3) is 0 Å². The van der Waals surface area contributed by atoms with Gasteiger partial charge in [0.15, 0.2) is 0 Å². The Morgan fingerprint density at radius 2 is 2.04 bits per heavy atom. The quantitative estimate of drug-likeness (QED) is 0.830. The average Bonchev–Trinajstić information content (AvgIpc) is 2.95. The fourth-order valence-electron chi connectivity index (χ4n) is 2.72. The zero-order chi connectivity index (χ0) is 16.6. The Hall–Kier alpha value is -2.68. The van der Waals surface area contributed by atoms with Crippen LogP contribution in [0.2, 0.25) is 0 Å². The van der Waals surface area contributed by atoms with Gasteiger partial charge >= 0.3 is 6.18 Å². The van der Waals surface area contributed by atoms with Gasteiger partial charge in [-0.25, -0.2) is 0 Å². The number of fused-ring (bicyclic) bond motifs is 1. The van der Waals surface area contributed by atoms with E-state index in [1.165, 1.54) is 13.2 Å². The fourth-order valence-corrected chi connectivity index (χ4v) is 2.72. The summed E-state index contributed by atoms with van der Waals surface area (Å²) in [5, 5.41) is 9.12. The summed E-state index contributed by atoms with van der Waals surface area (Å²) in [6.45, 7) is 0. The molecule has 3 rings (SSSR count). The molecule has 0 saturated heterocycles. The number of rotatable bonds is 2. The number of ether oxygens (including phenoxy) is 2. The van der Waals surface area contributed by atoms with Gasteiger partial charge in [-0.3, -0.25) is 0 Å². The molecule has 0 saturated carbocycles. The Morgan fingerprint density at radius 1 is 1.26 bits per heavy atom. The summed E-state index contributed by atoms with van der Waals surface area (Å²) in [4.78, 5) is 0. The van der Waals surface area contributed by atoms with E-state index >= 15 is 0 Å². The van der Waals surface area contributed by atoms with Gasteiger partial charge in [0.05, 0.1) is 18.2 Å². The number of hydrogen-bond donors (Lipinski definition) is 0. The third-order valence-corrected chi connectivity index (χ3v) is 3.78. The van der Waals surface area contributed by atoms with Crippen LogP contribution < -0.4 is 9.47 Å². The van der Waals surface area contributed by atoms with E-state index < -0.39 is 17.8 Å². The predicted molar refractivity (Wildman–Crippen MR) is 76.2 cm³/mol. The number of halogens is 3. The Balaban J connectivity index is 1.96. The van der Waals surface area contributed by atoms with Crippen molar-refractivity contribution in [3.8, 4) is 17.6 Å². The van der Waals surface area contributed by atoms with Crippen LogP contribution in [0.4, 0.5) is 13.2 Å². The molecule has 1 heterocycles. The number of nitriles is 1. The average molecular weight is 319 g/mol. The zero-order valence-electron chi connectivity index (χ0n) is 12.1. The lowest BCUT2D eigenvalue weighted by atomic mass is 9.99. The van der Waals surface area contributed by atoms with Crippen molar-refractivity contribution in [3.05, 3.63) is 58.7 Å².